The fourth-order valence-corrected chi connectivity index (χ4v) is 3.87. The zero-order chi connectivity index (χ0) is 19.0. The number of carboxylic acids is 1. The Hall–Kier alpha value is -2.61. The number of hydrogen-bond acceptors (Lipinski definition) is 4. The fraction of sp³-hybridized carbons (Fsp3) is 0.526. The van der Waals surface area contributed by atoms with Crippen molar-refractivity contribution in [2.24, 2.45) is 5.92 Å². The van der Waals surface area contributed by atoms with Crippen molar-refractivity contribution in [2.45, 2.75) is 44.3 Å². The molecule has 0 atom stereocenters. The second-order valence-electron chi connectivity index (χ2n) is 7.70. The van der Waals surface area contributed by atoms with Gasteiger partial charge in [-0.05, 0) is 43.7 Å². The molecule has 1 aromatic carbocycles. The number of nitrogens with one attached hydrogen (secondary N) is 3. The lowest BCUT2D eigenvalue weighted by molar-refractivity contribution is -0.139. The van der Waals surface area contributed by atoms with Crippen LogP contribution in [0.5, 0.6) is 0 Å². The average Bonchev–Trinajstić information content (AvgIpc) is 3.31. The Morgan fingerprint density at radius 3 is 2.74 bits per heavy atom. The minimum absolute atomic E-state index is 0.0435. The molecule has 8 nitrogen and oxygen atoms in total. The van der Waals surface area contributed by atoms with Gasteiger partial charge in [0.25, 0.3) is 5.91 Å². The van der Waals surface area contributed by atoms with E-state index in [1.165, 1.54) is 12.8 Å². The highest BCUT2D eigenvalue weighted by Crippen LogP contribution is 2.34. The molecule has 0 radical (unpaired) electrons. The summed E-state index contributed by atoms with van der Waals surface area (Å²) in [5.41, 5.74) is 2.04. The second-order valence-corrected chi connectivity index (χ2v) is 7.70. The van der Waals surface area contributed by atoms with E-state index in [1.807, 2.05) is 4.90 Å². The SMILES string of the molecule is O=C(O)CN(CC1CC1)C1CC(NC(=O)Nc2cccc3c2CNC3=O)C1. The minimum Gasteiger partial charge on any atom is -0.480 e. The van der Waals surface area contributed by atoms with Gasteiger partial charge in [0.05, 0.1) is 6.54 Å². The number of hydrogen-bond donors (Lipinski definition) is 4. The van der Waals surface area contributed by atoms with Crippen molar-refractivity contribution in [1.29, 1.82) is 0 Å². The van der Waals surface area contributed by atoms with Crippen molar-refractivity contribution in [1.82, 2.24) is 15.5 Å². The maximum atomic E-state index is 12.3. The number of fused-ring (bicyclic) bond motifs is 1. The molecular weight excluding hydrogens is 348 g/mol. The van der Waals surface area contributed by atoms with E-state index in [0.29, 0.717) is 23.7 Å². The largest absolute Gasteiger partial charge is 0.480 e. The van der Waals surface area contributed by atoms with Gasteiger partial charge in [0.1, 0.15) is 0 Å². The number of carboxylic acid groups (broad SMARTS) is 1. The molecule has 144 valence electrons. The van der Waals surface area contributed by atoms with Crippen LogP contribution >= 0.6 is 0 Å². The molecule has 2 fully saturated rings. The zero-order valence-corrected chi connectivity index (χ0v) is 15.0. The maximum absolute atomic E-state index is 12.3. The molecule has 0 aromatic heterocycles. The number of amides is 3. The van der Waals surface area contributed by atoms with Crippen LogP contribution in [0.15, 0.2) is 18.2 Å². The topological polar surface area (TPSA) is 111 Å². The van der Waals surface area contributed by atoms with E-state index in [9.17, 15) is 14.4 Å². The molecule has 2 saturated carbocycles. The summed E-state index contributed by atoms with van der Waals surface area (Å²) in [4.78, 5) is 37.1. The van der Waals surface area contributed by atoms with Gasteiger partial charge >= 0.3 is 12.0 Å². The summed E-state index contributed by atoms with van der Waals surface area (Å²) < 4.78 is 0. The van der Waals surface area contributed by atoms with Crippen LogP contribution in [0.1, 0.15) is 41.6 Å². The lowest BCUT2D eigenvalue weighted by Crippen LogP contribution is -2.55. The summed E-state index contributed by atoms with van der Waals surface area (Å²) in [5.74, 6) is -0.285. The third-order valence-corrected chi connectivity index (χ3v) is 5.59. The van der Waals surface area contributed by atoms with Crippen LogP contribution in [0.4, 0.5) is 10.5 Å². The molecule has 8 heteroatoms. The molecule has 3 amide bonds. The summed E-state index contributed by atoms with van der Waals surface area (Å²) in [6.07, 6.45) is 3.90. The van der Waals surface area contributed by atoms with Gasteiger partial charge in [-0.25, -0.2) is 4.79 Å². The van der Waals surface area contributed by atoms with Crippen LogP contribution in [0, 0.1) is 5.92 Å². The third-order valence-electron chi connectivity index (χ3n) is 5.59. The molecule has 4 rings (SSSR count). The normalized spacial score (nSPS) is 23.4. The Balaban J connectivity index is 1.28. The number of anilines is 1. The Labute approximate surface area is 157 Å². The molecule has 1 aliphatic heterocycles. The van der Waals surface area contributed by atoms with Gasteiger partial charge in [0.15, 0.2) is 0 Å². The molecule has 0 spiro atoms. The number of aliphatic carboxylic acids is 1. The first kappa shape index (κ1) is 17.8. The first-order valence-electron chi connectivity index (χ1n) is 9.43. The Morgan fingerprint density at radius 1 is 1.26 bits per heavy atom. The van der Waals surface area contributed by atoms with Crippen LogP contribution in [-0.2, 0) is 11.3 Å². The summed E-state index contributed by atoms with van der Waals surface area (Å²) in [6, 6.07) is 5.25. The quantitative estimate of drug-likeness (QED) is 0.578. The Bertz CT molecular complexity index is 771. The molecule has 0 saturated heterocycles. The van der Waals surface area contributed by atoms with Gasteiger partial charge in [-0.2, -0.15) is 0 Å². The lowest BCUT2D eigenvalue weighted by atomic mass is 9.85. The Kier molecular flexibility index (Phi) is 4.73. The molecule has 0 unspecified atom stereocenters. The Morgan fingerprint density at radius 2 is 2.04 bits per heavy atom. The predicted molar refractivity (Wildman–Crippen MR) is 98.5 cm³/mol. The van der Waals surface area contributed by atoms with Gasteiger partial charge in [-0.3, -0.25) is 14.5 Å². The standard InChI is InChI=1S/C19H24N4O4/c24-17(25)10-23(9-11-4-5-11)13-6-12(7-13)21-19(27)22-16-3-1-2-14-15(16)8-20-18(14)26/h1-3,11-13H,4-10H2,(H,20,26)(H,24,25)(H2,21,22,27). The summed E-state index contributed by atoms with van der Waals surface area (Å²) >= 11 is 0. The molecule has 3 aliphatic rings. The number of nitrogens with zero attached hydrogens (tertiary/aromatic N) is 1. The molecule has 1 heterocycles. The first-order valence-corrected chi connectivity index (χ1v) is 9.43. The number of carbonyl (C=O) groups is 3. The van der Waals surface area contributed by atoms with Gasteiger partial charge in [-0.15, -0.1) is 0 Å². The van der Waals surface area contributed by atoms with Crippen molar-refractivity contribution >= 4 is 23.6 Å². The lowest BCUT2D eigenvalue weighted by Gasteiger charge is -2.42. The first-order chi connectivity index (χ1) is 13.0. The zero-order valence-electron chi connectivity index (χ0n) is 15.0. The maximum Gasteiger partial charge on any atom is 0.319 e. The van der Waals surface area contributed by atoms with Crippen LogP contribution in [0.25, 0.3) is 0 Å². The van der Waals surface area contributed by atoms with Gasteiger partial charge in [0.2, 0.25) is 0 Å². The molecule has 0 bridgehead atoms. The molecule has 2 aliphatic carbocycles. The van der Waals surface area contributed by atoms with Gasteiger partial charge < -0.3 is 21.1 Å². The number of urea groups is 1. The smallest absolute Gasteiger partial charge is 0.319 e. The van der Waals surface area contributed by atoms with Gasteiger partial charge in [0, 0.05) is 42.0 Å². The van der Waals surface area contributed by atoms with Crippen molar-refractivity contribution < 1.29 is 19.5 Å². The third kappa shape index (κ3) is 4.05. The fourth-order valence-electron chi connectivity index (χ4n) is 3.87. The monoisotopic (exact) mass is 372 g/mol. The average molecular weight is 372 g/mol. The second kappa shape index (κ2) is 7.19. The molecule has 27 heavy (non-hydrogen) atoms. The van der Waals surface area contributed by atoms with E-state index >= 15 is 0 Å². The molecule has 1 aromatic rings. The van der Waals surface area contributed by atoms with Crippen molar-refractivity contribution in [3.8, 4) is 0 Å². The summed E-state index contributed by atoms with van der Waals surface area (Å²) in [5, 5.41) is 17.6. The van der Waals surface area contributed by atoms with Crippen molar-refractivity contribution in [3.05, 3.63) is 29.3 Å². The van der Waals surface area contributed by atoms with Crippen LogP contribution in [-0.4, -0.2) is 53.1 Å². The van der Waals surface area contributed by atoms with Crippen LogP contribution in [0.3, 0.4) is 0 Å². The van der Waals surface area contributed by atoms with E-state index in [2.05, 4.69) is 16.0 Å². The molecule has 4 N–H and O–H groups in total. The van der Waals surface area contributed by atoms with E-state index in [0.717, 1.165) is 24.9 Å². The number of benzene rings is 1. The van der Waals surface area contributed by atoms with E-state index in [1.54, 1.807) is 18.2 Å². The van der Waals surface area contributed by atoms with Crippen LogP contribution in [0.2, 0.25) is 0 Å². The highest BCUT2D eigenvalue weighted by Gasteiger charge is 2.37. The van der Waals surface area contributed by atoms with Gasteiger partial charge in [-0.1, -0.05) is 6.07 Å². The highest BCUT2D eigenvalue weighted by molar-refractivity contribution is 6.01. The van der Waals surface area contributed by atoms with E-state index in [4.69, 9.17) is 5.11 Å². The highest BCUT2D eigenvalue weighted by atomic mass is 16.4. The van der Waals surface area contributed by atoms with E-state index in [-0.39, 0.29) is 30.6 Å². The number of carbonyl (C=O) groups excluding carboxylic acids is 2. The summed E-state index contributed by atoms with van der Waals surface area (Å²) in [6.45, 7) is 1.33. The van der Waals surface area contributed by atoms with E-state index < -0.39 is 5.97 Å². The molecular formula is C19H24N4O4. The van der Waals surface area contributed by atoms with Crippen molar-refractivity contribution in [3.63, 3.8) is 0 Å². The minimum atomic E-state index is -0.800. The predicted octanol–water partition coefficient (Wildman–Crippen LogP) is 1.38. The van der Waals surface area contributed by atoms with Crippen molar-refractivity contribution in [2.75, 3.05) is 18.4 Å². The van der Waals surface area contributed by atoms with Crippen LogP contribution < -0.4 is 16.0 Å². The number of rotatable bonds is 7. The summed E-state index contributed by atoms with van der Waals surface area (Å²) in [7, 11) is 0.